The Kier molecular flexibility index (Phi) is 11.4. The molecule has 0 aromatic heterocycles. The molecule has 0 atom stereocenters. The van der Waals surface area contributed by atoms with Gasteiger partial charge in [-0.25, -0.2) is 10.2 Å². The van der Waals surface area contributed by atoms with Crippen molar-refractivity contribution >= 4 is 52.9 Å². The molecule has 4 aromatic carbocycles. The second kappa shape index (κ2) is 15.6. The van der Waals surface area contributed by atoms with Crippen molar-refractivity contribution in [2.45, 2.75) is 6.92 Å². The normalized spacial score (nSPS) is 10.7. The van der Waals surface area contributed by atoms with E-state index in [1.807, 2.05) is 0 Å². The minimum absolute atomic E-state index is 0.141. The fourth-order valence-corrected chi connectivity index (χ4v) is 4.68. The van der Waals surface area contributed by atoms with E-state index in [1.165, 1.54) is 63.9 Å². The lowest BCUT2D eigenvalue weighted by Gasteiger charge is -2.15. The summed E-state index contributed by atoms with van der Waals surface area (Å²) >= 11 is 12.1. The summed E-state index contributed by atoms with van der Waals surface area (Å²) in [4.78, 5) is 38.9. The largest absolute Gasteiger partial charge is 0.493 e. The molecule has 4 aromatic rings. The van der Waals surface area contributed by atoms with E-state index in [2.05, 4.69) is 15.8 Å². The molecular formula is C33H29Cl2N3O8. The second-order valence-electron chi connectivity index (χ2n) is 9.27. The summed E-state index contributed by atoms with van der Waals surface area (Å²) in [5, 5.41) is 7.32. The van der Waals surface area contributed by atoms with Gasteiger partial charge in [0.15, 0.2) is 23.0 Å². The maximum Gasteiger partial charge on any atom is 0.345 e. The predicted octanol–water partition coefficient (Wildman–Crippen LogP) is 6.65. The molecule has 238 valence electrons. The third-order valence-corrected chi connectivity index (χ3v) is 6.90. The van der Waals surface area contributed by atoms with Gasteiger partial charge in [0, 0.05) is 10.6 Å². The van der Waals surface area contributed by atoms with E-state index in [9.17, 15) is 14.4 Å². The molecule has 0 heterocycles. The van der Waals surface area contributed by atoms with Gasteiger partial charge in [0.2, 0.25) is 5.75 Å². The van der Waals surface area contributed by atoms with Crippen molar-refractivity contribution in [2.24, 2.45) is 5.10 Å². The van der Waals surface area contributed by atoms with Crippen molar-refractivity contribution in [3.63, 3.8) is 0 Å². The molecule has 0 saturated heterocycles. The lowest BCUT2D eigenvalue weighted by atomic mass is 10.1. The first-order valence-corrected chi connectivity index (χ1v) is 14.4. The topological polar surface area (TPSA) is 134 Å². The number of anilines is 1. The van der Waals surface area contributed by atoms with Gasteiger partial charge in [-0.1, -0.05) is 35.3 Å². The molecule has 46 heavy (non-hydrogen) atoms. The zero-order valence-corrected chi connectivity index (χ0v) is 26.7. The van der Waals surface area contributed by atoms with Crippen molar-refractivity contribution in [1.82, 2.24) is 5.43 Å². The SMILES string of the molecule is CCOc1cc(/C=N\NC(=O)c2ccccc2NC(=O)c2cc(OC)c(OC)c(OC)c2)ccc1OC(=O)c1ccc(Cl)cc1Cl. The van der Waals surface area contributed by atoms with Crippen molar-refractivity contribution in [1.29, 1.82) is 0 Å². The Bertz CT molecular complexity index is 1770. The summed E-state index contributed by atoms with van der Waals surface area (Å²) in [6, 6.07) is 18.6. The standard InChI is InChI=1S/C33H29Cl2N3O8/c1-5-45-27-14-19(10-13-26(27)46-33(41)22-12-11-21(34)17-24(22)35)18-36-38-32(40)23-8-6-7-9-25(23)37-31(39)20-15-28(42-2)30(44-4)29(16-20)43-3/h6-18H,5H2,1-4H3,(H,37,39)(H,38,40)/b36-18-. The second-order valence-corrected chi connectivity index (χ2v) is 10.1. The molecule has 0 fully saturated rings. The molecule has 0 aliphatic heterocycles. The molecule has 13 heteroatoms. The van der Waals surface area contributed by atoms with Crippen LogP contribution >= 0.6 is 23.2 Å². The highest BCUT2D eigenvalue weighted by atomic mass is 35.5. The van der Waals surface area contributed by atoms with Crippen LogP contribution in [-0.4, -0.2) is 51.9 Å². The van der Waals surface area contributed by atoms with Crippen molar-refractivity contribution < 1.29 is 38.1 Å². The Balaban J connectivity index is 1.47. The number of ether oxygens (including phenoxy) is 5. The average molecular weight is 667 g/mol. The van der Waals surface area contributed by atoms with Gasteiger partial charge in [0.1, 0.15) is 0 Å². The van der Waals surface area contributed by atoms with Crippen molar-refractivity contribution in [2.75, 3.05) is 33.3 Å². The number of rotatable bonds is 12. The summed E-state index contributed by atoms with van der Waals surface area (Å²) in [6.45, 7) is 2.07. The highest BCUT2D eigenvalue weighted by Crippen LogP contribution is 2.38. The van der Waals surface area contributed by atoms with E-state index in [-0.39, 0.29) is 38.9 Å². The van der Waals surface area contributed by atoms with Gasteiger partial charge in [-0.15, -0.1) is 0 Å². The number of hydrogen-bond donors (Lipinski definition) is 2. The van der Waals surface area contributed by atoms with Crippen LogP contribution in [0.15, 0.2) is 77.9 Å². The Morgan fingerprint density at radius 2 is 1.50 bits per heavy atom. The number of esters is 1. The molecule has 0 saturated carbocycles. The maximum atomic E-state index is 13.1. The summed E-state index contributed by atoms with van der Waals surface area (Å²) in [6.07, 6.45) is 1.39. The number of carbonyl (C=O) groups excluding carboxylic acids is 3. The summed E-state index contributed by atoms with van der Waals surface area (Å²) < 4.78 is 27.1. The number of amides is 2. The molecule has 2 amide bonds. The number of halogens is 2. The smallest absolute Gasteiger partial charge is 0.345 e. The van der Waals surface area contributed by atoms with Gasteiger partial charge in [-0.3, -0.25) is 9.59 Å². The Hall–Kier alpha value is -5.26. The summed E-state index contributed by atoms with van der Waals surface area (Å²) in [5.41, 5.74) is 3.77. The number of methoxy groups -OCH3 is 3. The van der Waals surface area contributed by atoms with Crippen LogP contribution in [0.4, 0.5) is 5.69 Å². The number of para-hydroxylation sites is 1. The molecule has 4 rings (SSSR count). The highest BCUT2D eigenvalue weighted by Gasteiger charge is 2.20. The lowest BCUT2D eigenvalue weighted by Crippen LogP contribution is -2.21. The van der Waals surface area contributed by atoms with Gasteiger partial charge in [0.25, 0.3) is 11.8 Å². The molecule has 2 N–H and O–H groups in total. The predicted molar refractivity (Wildman–Crippen MR) is 175 cm³/mol. The van der Waals surface area contributed by atoms with Crippen molar-refractivity contribution in [3.8, 4) is 28.7 Å². The molecule has 0 spiro atoms. The van der Waals surface area contributed by atoms with Crippen LogP contribution in [0.1, 0.15) is 43.6 Å². The first kappa shape index (κ1) is 33.6. The van der Waals surface area contributed by atoms with Gasteiger partial charge >= 0.3 is 5.97 Å². The van der Waals surface area contributed by atoms with E-state index in [1.54, 1.807) is 43.3 Å². The van der Waals surface area contributed by atoms with Crippen LogP contribution < -0.4 is 34.4 Å². The molecule has 0 unspecified atom stereocenters. The number of nitrogens with one attached hydrogen (secondary N) is 2. The molecule has 11 nitrogen and oxygen atoms in total. The van der Waals surface area contributed by atoms with Crippen LogP contribution in [0.5, 0.6) is 28.7 Å². The van der Waals surface area contributed by atoms with Gasteiger partial charge in [-0.05, 0) is 73.2 Å². The van der Waals surface area contributed by atoms with Crippen LogP contribution in [0.3, 0.4) is 0 Å². The first-order chi connectivity index (χ1) is 22.2. The third-order valence-electron chi connectivity index (χ3n) is 6.35. The van der Waals surface area contributed by atoms with Crippen LogP contribution in [0.2, 0.25) is 10.0 Å². The number of hydrazone groups is 1. The molecule has 0 aliphatic carbocycles. The van der Waals surface area contributed by atoms with E-state index in [4.69, 9.17) is 46.9 Å². The summed E-state index contributed by atoms with van der Waals surface area (Å²) in [7, 11) is 4.35. The number of nitrogens with zero attached hydrogens (tertiary/aromatic N) is 1. The lowest BCUT2D eigenvalue weighted by molar-refractivity contribution is 0.0728. The number of hydrogen-bond acceptors (Lipinski definition) is 9. The van der Waals surface area contributed by atoms with Crippen LogP contribution in [-0.2, 0) is 0 Å². The van der Waals surface area contributed by atoms with E-state index in [0.29, 0.717) is 34.4 Å². The Labute approximate surface area is 275 Å². The zero-order valence-electron chi connectivity index (χ0n) is 25.2. The monoisotopic (exact) mass is 665 g/mol. The third kappa shape index (κ3) is 8.06. The zero-order chi connectivity index (χ0) is 33.2. The van der Waals surface area contributed by atoms with E-state index < -0.39 is 17.8 Å². The Morgan fingerprint density at radius 3 is 2.15 bits per heavy atom. The van der Waals surface area contributed by atoms with E-state index in [0.717, 1.165) is 0 Å². The van der Waals surface area contributed by atoms with Crippen LogP contribution in [0.25, 0.3) is 0 Å². The quantitative estimate of drug-likeness (QED) is 0.0743. The maximum absolute atomic E-state index is 13.1. The minimum Gasteiger partial charge on any atom is -0.493 e. The van der Waals surface area contributed by atoms with Gasteiger partial charge in [-0.2, -0.15) is 5.10 Å². The van der Waals surface area contributed by atoms with Crippen molar-refractivity contribution in [3.05, 3.63) is 105 Å². The van der Waals surface area contributed by atoms with Gasteiger partial charge in [0.05, 0.1) is 56.0 Å². The molecule has 0 aliphatic rings. The fraction of sp³-hybridized carbons (Fsp3) is 0.152. The van der Waals surface area contributed by atoms with Crippen LogP contribution in [0, 0.1) is 0 Å². The fourth-order valence-electron chi connectivity index (χ4n) is 4.19. The molecule has 0 radical (unpaired) electrons. The molecule has 0 bridgehead atoms. The van der Waals surface area contributed by atoms with Gasteiger partial charge < -0.3 is 29.0 Å². The van der Waals surface area contributed by atoms with E-state index >= 15 is 0 Å². The molecular weight excluding hydrogens is 637 g/mol. The average Bonchev–Trinajstić information content (AvgIpc) is 3.05. The summed E-state index contributed by atoms with van der Waals surface area (Å²) in [5.74, 6) is -0.391. The Morgan fingerprint density at radius 1 is 0.783 bits per heavy atom. The highest BCUT2D eigenvalue weighted by molar-refractivity contribution is 6.36. The number of carbonyl (C=O) groups is 3. The minimum atomic E-state index is -0.688. The first-order valence-electron chi connectivity index (χ1n) is 13.7. The number of benzene rings is 4.